The van der Waals surface area contributed by atoms with Crippen LogP contribution in [0.5, 0.6) is 0 Å². The Bertz CT molecular complexity index is 505. The van der Waals surface area contributed by atoms with Gasteiger partial charge in [0.1, 0.15) is 11.9 Å². The van der Waals surface area contributed by atoms with Gasteiger partial charge in [-0.1, -0.05) is 0 Å². The Kier molecular flexibility index (Phi) is 2.67. The third kappa shape index (κ3) is 1.75. The summed E-state index contributed by atoms with van der Waals surface area (Å²) in [6.45, 7) is 2.49. The molecule has 1 fully saturated rings. The van der Waals surface area contributed by atoms with Gasteiger partial charge in [0.15, 0.2) is 0 Å². The van der Waals surface area contributed by atoms with Crippen LogP contribution in [0.3, 0.4) is 0 Å². The lowest BCUT2D eigenvalue weighted by molar-refractivity contribution is 0.0218. The highest BCUT2D eigenvalue weighted by molar-refractivity contribution is 9.10. The van der Waals surface area contributed by atoms with Gasteiger partial charge >= 0.3 is 0 Å². The lowest BCUT2D eigenvalue weighted by Gasteiger charge is -2.22. The molecule has 84 valence electrons. The first-order valence-corrected chi connectivity index (χ1v) is 6.09. The van der Waals surface area contributed by atoms with E-state index in [1.165, 1.54) is 0 Å². The van der Waals surface area contributed by atoms with Crippen molar-refractivity contribution in [2.75, 3.05) is 19.7 Å². The SMILES string of the molecule is Brc1ccc2cnc(C3CNCCO3)n2c1. The van der Waals surface area contributed by atoms with Crippen LogP contribution in [0, 0.1) is 0 Å². The summed E-state index contributed by atoms with van der Waals surface area (Å²) in [7, 11) is 0. The average molecular weight is 282 g/mol. The van der Waals surface area contributed by atoms with Crippen LogP contribution < -0.4 is 5.32 Å². The zero-order valence-corrected chi connectivity index (χ0v) is 10.3. The molecule has 1 aliphatic rings. The molecule has 2 aromatic heterocycles. The zero-order chi connectivity index (χ0) is 11.0. The van der Waals surface area contributed by atoms with Gasteiger partial charge in [-0.15, -0.1) is 0 Å². The van der Waals surface area contributed by atoms with Crippen LogP contribution in [0.25, 0.3) is 5.52 Å². The van der Waals surface area contributed by atoms with Crippen molar-refractivity contribution in [1.29, 1.82) is 0 Å². The van der Waals surface area contributed by atoms with E-state index in [1.807, 2.05) is 24.5 Å². The standard InChI is InChI=1S/C11H12BrN3O/c12-8-1-2-9-5-14-11(15(9)7-8)10-6-13-3-4-16-10/h1-2,5,7,10,13H,3-4,6H2. The molecule has 1 N–H and O–H groups in total. The first kappa shape index (κ1) is 10.3. The molecule has 0 bridgehead atoms. The predicted octanol–water partition coefficient (Wildman–Crippen LogP) is 1.76. The smallest absolute Gasteiger partial charge is 0.143 e. The van der Waals surface area contributed by atoms with E-state index in [0.29, 0.717) is 0 Å². The number of pyridine rings is 1. The minimum atomic E-state index is 0.0468. The molecule has 3 heterocycles. The molecule has 5 heteroatoms. The number of halogens is 1. The number of hydrogen-bond donors (Lipinski definition) is 1. The van der Waals surface area contributed by atoms with Crippen LogP contribution in [0.1, 0.15) is 11.9 Å². The molecule has 1 saturated heterocycles. The molecule has 2 aromatic rings. The van der Waals surface area contributed by atoms with E-state index in [-0.39, 0.29) is 6.10 Å². The quantitative estimate of drug-likeness (QED) is 0.866. The number of ether oxygens (including phenoxy) is 1. The number of nitrogens with zero attached hydrogens (tertiary/aromatic N) is 2. The summed E-state index contributed by atoms with van der Waals surface area (Å²) < 4.78 is 8.82. The summed E-state index contributed by atoms with van der Waals surface area (Å²) >= 11 is 3.47. The molecular formula is C11H12BrN3O. The Morgan fingerprint density at radius 1 is 1.50 bits per heavy atom. The van der Waals surface area contributed by atoms with E-state index in [9.17, 15) is 0 Å². The molecule has 1 unspecified atom stereocenters. The molecule has 0 aliphatic carbocycles. The highest BCUT2D eigenvalue weighted by Gasteiger charge is 2.20. The molecular weight excluding hydrogens is 270 g/mol. The molecule has 1 aliphatic heterocycles. The largest absolute Gasteiger partial charge is 0.368 e. The fourth-order valence-electron chi connectivity index (χ4n) is 1.95. The van der Waals surface area contributed by atoms with Crippen molar-refractivity contribution >= 4 is 21.4 Å². The average Bonchev–Trinajstić information content (AvgIpc) is 2.73. The maximum absolute atomic E-state index is 5.71. The molecule has 0 amide bonds. The van der Waals surface area contributed by atoms with E-state index < -0.39 is 0 Å². The molecule has 16 heavy (non-hydrogen) atoms. The predicted molar refractivity (Wildman–Crippen MR) is 64.5 cm³/mol. The number of hydrogen-bond acceptors (Lipinski definition) is 3. The van der Waals surface area contributed by atoms with Gasteiger partial charge < -0.3 is 14.5 Å². The fraction of sp³-hybridized carbons (Fsp3) is 0.364. The maximum atomic E-state index is 5.71. The third-order valence-electron chi connectivity index (χ3n) is 2.74. The van der Waals surface area contributed by atoms with Crippen LogP contribution in [0.2, 0.25) is 0 Å². The minimum absolute atomic E-state index is 0.0468. The number of morpholine rings is 1. The molecule has 0 saturated carbocycles. The highest BCUT2D eigenvalue weighted by Crippen LogP contribution is 2.21. The summed E-state index contributed by atoms with van der Waals surface area (Å²) in [5.74, 6) is 0.962. The number of imidazole rings is 1. The van der Waals surface area contributed by atoms with Crippen LogP contribution in [-0.2, 0) is 4.74 Å². The first-order valence-electron chi connectivity index (χ1n) is 5.29. The number of rotatable bonds is 1. The lowest BCUT2D eigenvalue weighted by atomic mass is 10.3. The molecule has 0 aromatic carbocycles. The second kappa shape index (κ2) is 4.16. The van der Waals surface area contributed by atoms with E-state index in [2.05, 4.69) is 30.6 Å². The third-order valence-corrected chi connectivity index (χ3v) is 3.20. The van der Waals surface area contributed by atoms with Gasteiger partial charge in [-0.05, 0) is 28.1 Å². The van der Waals surface area contributed by atoms with Gasteiger partial charge in [0.2, 0.25) is 0 Å². The molecule has 0 radical (unpaired) electrons. The summed E-state index contributed by atoms with van der Waals surface area (Å²) in [6.07, 6.45) is 3.94. The van der Waals surface area contributed by atoms with Gasteiger partial charge in [-0.25, -0.2) is 4.98 Å². The molecule has 1 atom stereocenters. The Labute approximate surface area is 102 Å². The van der Waals surface area contributed by atoms with Gasteiger partial charge in [0, 0.05) is 23.8 Å². The van der Waals surface area contributed by atoms with Gasteiger partial charge in [0.05, 0.1) is 18.3 Å². The summed E-state index contributed by atoms with van der Waals surface area (Å²) in [5, 5.41) is 3.31. The Morgan fingerprint density at radius 3 is 3.25 bits per heavy atom. The number of fused-ring (bicyclic) bond motifs is 1. The van der Waals surface area contributed by atoms with Crippen molar-refractivity contribution in [3.63, 3.8) is 0 Å². The van der Waals surface area contributed by atoms with E-state index >= 15 is 0 Å². The van der Waals surface area contributed by atoms with Crippen LogP contribution in [-0.4, -0.2) is 29.1 Å². The van der Waals surface area contributed by atoms with E-state index in [1.54, 1.807) is 0 Å². The zero-order valence-electron chi connectivity index (χ0n) is 8.69. The maximum Gasteiger partial charge on any atom is 0.143 e. The fourth-order valence-corrected chi connectivity index (χ4v) is 2.29. The van der Waals surface area contributed by atoms with Crippen molar-refractivity contribution < 1.29 is 4.74 Å². The number of nitrogens with one attached hydrogen (secondary N) is 1. The lowest BCUT2D eigenvalue weighted by Crippen LogP contribution is -2.34. The van der Waals surface area contributed by atoms with Crippen molar-refractivity contribution in [1.82, 2.24) is 14.7 Å². The second-order valence-electron chi connectivity index (χ2n) is 3.82. The monoisotopic (exact) mass is 281 g/mol. The van der Waals surface area contributed by atoms with Crippen molar-refractivity contribution in [3.8, 4) is 0 Å². The molecule has 0 spiro atoms. The van der Waals surface area contributed by atoms with Gasteiger partial charge in [0.25, 0.3) is 0 Å². The Morgan fingerprint density at radius 2 is 2.44 bits per heavy atom. The number of aromatic nitrogens is 2. The molecule has 4 nitrogen and oxygen atoms in total. The van der Waals surface area contributed by atoms with E-state index in [4.69, 9.17) is 4.74 Å². The summed E-state index contributed by atoms with van der Waals surface area (Å²) in [6, 6.07) is 4.05. The van der Waals surface area contributed by atoms with Crippen LogP contribution in [0.4, 0.5) is 0 Å². The van der Waals surface area contributed by atoms with Gasteiger partial charge in [-0.2, -0.15) is 0 Å². The summed E-state index contributed by atoms with van der Waals surface area (Å²) in [4.78, 5) is 4.44. The van der Waals surface area contributed by atoms with Crippen LogP contribution in [0.15, 0.2) is 29.0 Å². The van der Waals surface area contributed by atoms with Gasteiger partial charge in [-0.3, -0.25) is 0 Å². The Balaban J connectivity index is 2.05. The normalized spacial score (nSPS) is 21.4. The van der Waals surface area contributed by atoms with Crippen molar-refractivity contribution in [2.24, 2.45) is 0 Å². The molecule has 3 rings (SSSR count). The highest BCUT2D eigenvalue weighted by atomic mass is 79.9. The Hall–Kier alpha value is -0.910. The first-order chi connectivity index (χ1) is 7.84. The van der Waals surface area contributed by atoms with Crippen molar-refractivity contribution in [3.05, 3.63) is 34.8 Å². The summed E-state index contributed by atoms with van der Waals surface area (Å²) in [5.41, 5.74) is 1.09. The minimum Gasteiger partial charge on any atom is -0.368 e. The topological polar surface area (TPSA) is 38.6 Å². The van der Waals surface area contributed by atoms with E-state index in [0.717, 1.165) is 35.5 Å². The van der Waals surface area contributed by atoms with Crippen molar-refractivity contribution in [2.45, 2.75) is 6.10 Å². The second-order valence-corrected chi connectivity index (χ2v) is 4.74. The van der Waals surface area contributed by atoms with Crippen LogP contribution >= 0.6 is 15.9 Å².